The third-order valence-electron chi connectivity index (χ3n) is 5.61. The van der Waals surface area contributed by atoms with E-state index >= 15 is 0 Å². The van der Waals surface area contributed by atoms with E-state index in [0.29, 0.717) is 5.92 Å². The van der Waals surface area contributed by atoms with Crippen LogP contribution in [0.25, 0.3) is 0 Å². The molecule has 1 saturated carbocycles. The summed E-state index contributed by atoms with van der Waals surface area (Å²) in [7, 11) is -1.75. The van der Waals surface area contributed by atoms with Gasteiger partial charge < -0.3 is 9.53 Å². The average Bonchev–Trinajstić information content (AvgIpc) is 2.27. The zero-order valence-electron chi connectivity index (χ0n) is 14.5. The Morgan fingerprint density at radius 1 is 1.35 bits per heavy atom. The number of aliphatic hydroxyl groups excluding tert-OH is 1. The zero-order chi connectivity index (χ0) is 15.8. The Morgan fingerprint density at radius 3 is 2.35 bits per heavy atom. The molecule has 0 amide bonds. The van der Waals surface area contributed by atoms with E-state index in [2.05, 4.69) is 54.3 Å². The molecule has 0 unspecified atom stereocenters. The average molecular weight is 299 g/mol. The van der Waals surface area contributed by atoms with Crippen molar-refractivity contribution in [2.24, 2.45) is 11.3 Å². The summed E-state index contributed by atoms with van der Waals surface area (Å²) in [5.74, 6) is 0.371. The standard InChI is InChI=1S/C17H34O2Si/c1-13-9-10-15(17(5,6)14(13)11-12-18)19-20(7,8)16(2,3)4/h14-15,18H,1,9-12H2,2-8H3/t14-,15+/m1/s1. The van der Waals surface area contributed by atoms with Crippen LogP contribution in [0.4, 0.5) is 0 Å². The molecule has 20 heavy (non-hydrogen) atoms. The molecule has 2 atom stereocenters. The highest BCUT2D eigenvalue weighted by Gasteiger charge is 2.47. The van der Waals surface area contributed by atoms with Gasteiger partial charge in [0.25, 0.3) is 0 Å². The molecule has 0 spiro atoms. The van der Waals surface area contributed by atoms with Gasteiger partial charge in [0.2, 0.25) is 0 Å². The van der Waals surface area contributed by atoms with Crippen LogP contribution in [-0.4, -0.2) is 26.1 Å². The summed E-state index contributed by atoms with van der Waals surface area (Å²) < 4.78 is 6.70. The van der Waals surface area contributed by atoms with Crippen molar-refractivity contribution in [3.05, 3.63) is 12.2 Å². The largest absolute Gasteiger partial charge is 0.413 e. The molecule has 1 fully saturated rings. The second-order valence-corrected chi connectivity index (χ2v) is 13.2. The normalized spacial score (nSPS) is 27.7. The molecule has 0 aromatic carbocycles. The number of aliphatic hydroxyl groups is 1. The SMILES string of the molecule is C=C1CC[C@H](O[Si](C)(C)C(C)(C)C)C(C)(C)[C@@H]1CCO. The molecule has 1 aliphatic rings. The second kappa shape index (κ2) is 5.94. The van der Waals surface area contributed by atoms with Crippen molar-refractivity contribution in [2.75, 3.05) is 6.61 Å². The third kappa shape index (κ3) is 3.55. The molecule has 0 aromatic rings. The summed E-state index contributed by atoms with van der Waals surface area (Å²) in [4.78, 5) is 0. The molecular formula is C17H34O2Si. The molecular weight excluding hydrogens is 264 g/mol. The highest BCUT2D eigenvalue weighted by molar-refractivity contribution is 6.74. The highest BCUT2D eigenvalue weighted by atomic mass is 28.4. The number of allylic oxidation sites excluding steroid dienone is 1. The second-order valence-electron chi connectivity index (χ2n) is 8.45. The van der Waals surface area contributed by atoms with Crippen LogP contribution in [0.5, 0.6) is 0 Å². The molecule has 1 aliphatic carbocycles. The summed E-state index contributed by atoms with van der Waals surface area (Å²) in [5, 5.41) is 9.58. The van der Waals surface area contributed by atoms with Crippen molar-refractivity contribution in [2.45, 2.75) is 78.1 Å². The van der Waals surface area contributed by atoms with E-state index in [4.69, 9.17) is 4.43 Å². The van der Waals surface area contributed by atoms with E-state index in [0.717, 1.165) is 19.3 Å². The van der Waals surface area contributed by atoms with E-state index < -0.39 is 8.32 Å². The molecule has 3 heteroatoms. The number of hydrogen-bond acceptors (Lipinski definition) is 2. The lowest BCUT2D eigenvalue weighted by molar-refractivity contribution is -0.00434. The zero-order valence-corrected chi connectivity index (χ0v) is 15.5. The van der Waals surface area contributed by atoms with Crippen LogP contribution < -0.4 is 0 Å². The van der Waals surface area contributed by atoms with Gasteiger partial charge in [0.1, 0.15) is 0 Å². The summed E-state index contributed by atoms with van der Waals surface area (Å²) in [5.41, 5.74) is 1.35. The van der Waals surface area contributed by atoms with Gasteiger partial charge in [-0.25, -0.2) is 0 Å². The minimum Gasteiger partial charge on any atom is -0.413 e. The van der Waals surface area contributed by atoms with Gasteiger partial charge in [-0.3, -0.25) is 0 Å². The first-order valence-electron chi connectivity index (χ1n) is 7.90. The van der Waals surface area contributed by atoms with Crippen molar-refractivity contribution in [3.63, 3.8) is 0 Å². The minimum atomic E-state index is -1.75. The molecule has 2 nitrogen and oxygen atoms in total. The maximum atomic E-state index is 9.34. The van der Waals surface area contributed by atoms with Gasteiger partial charge in [0, 0.05) is 6.61 Å². The molecule has 1 N–H and O–H groups in total. The summed E-state index contributed by atoms with van der Waals surface area (Å²) in [6, 6.07) is 0. The predicted octanol–water partition coefficient (Wildman–Crippen LogP) is 4.75. The van der Waals surface area contributed by atoms with Crippen molar-refractivity contribution in [3.8, 4) is 0 Å². The Balaban J connectivity index is 2.93. The fourth-order valence-electron chi connectivity index (χ4n) is 3.06. The Bertz CT molecular complexity index is 352. The van der Waals surface area contributed by atoms with Crippen molar-refractivity contribution >= 4 is 8.32 Å². The smallest absolute Gasteiger partial charge is 0.192 e. The highest BCUT2D eigenvalue weighted by Crippen LogP contribution is 2.49. The number of rotatable bonds is 4. The van der Waals surface area contributed by atoms with Crippen molar-refractivity contribution in [1.29, 1.82) is 0 Å². The van der Waals surface area contributed by atoms with Crippen LogP contribution in [0.15, 0.2) is 12.2 Å². The fourth-order valence-corrected chi connectivity index (χ4v) is 4.55. The first-order valence-corrected chi connectivity index (χ1v) is 10.8. The van der Waals surface area contributed by atoms with Crippen LogP contribution in [0.1, 0.15) is 53.9 Å². The van der Waals surface area contributed by atoms with Crippen LogP contribution in [0.3, 0.4) is 0 Å². The van der Waals surface area contributed by atoms with E-state index in [1.165, 1.54) is 5.57 Å². The topological polar surface area (TPSA) is 29.5 Å². The Labute approximate surface area is 126 Å². The molecule has 0 saturated heterocycles. The maximum Gasteiger partial charge on any atom is 0.192 e. The van der Waals surface area contributed by atoms with Crippen molar-refractivity contribution < 1.29 is 9.53 Å². The molecule has 0 aliphatic heterocycles. The van der Waals surface area contributed by atoms with Gasteiger partial charge in [-0.2, -0.15) is 0 Å². The van der Waals surface area contributed by atoms with Gasteiger partial charge in [-0.05, 0) is 48.7 Å². The first-order chi connectivity index (χ1) is 8.93. The monoisotopic (exact) mass is 298 g/mol. The Kier molecular flexibility index (Phi) is 5.32. The van der Waals surface area contributed by atoms with Gasteiger partial charge in [0.05, 0.1) is 6.10 Å². The lowest BCUT2D eigenvalue weighted by Crippen LogP contribution is -2.51. The summed E-state index contributed by atoms with van der Waals surface area (Å²) >= 11 is 0. The van der Waals surface area contributed by atoms with Crippen LogP contribution in [-0.2, 0) is 4.43 Å². The fraction of sp³-hybridized carbons (Fsp3) is 0.882. The quantitative estimate of drug-likeness (QED) is 0.599. The lowest BCUT2D eigenvalue weighted by Gasteiger charge is -2.50. The maximum absolute atomic E-state index is 9.34. The predicted molar refractivity (Wildman–Crippen MR) is 89.4 cm³/mol. The minimum absolute atomic E-state index is 0.0631. The molecule has 118 valence electrons. The van der Waals surface area contributed by atoms with E-state index in [1.54, 1.807) is 0 Å². The van der Waals surface area contributed by atoms with Gasteiger partial charge >= 0.3 is 0 Å². The van der Waals surface area contributed by atoms with E-state index in [-0.39, 0.29) is 23.2 Å². The molecule has 0 bridgehead atoms. The van der Waals surface area contributed by atoms with Crippen molar-refractivity contribution in [1.82, 2.24) is 0 Å². The molecule has 0 aromatic heterocycles. The van der Waals surface area contributed by atoms with E-state index in [9.17, 15) is 5.11 Å². The summed E-state index contributed by atoms with van der Waals surface area (Å²) in [6.45, 7) is 20.6. The molecule has 0 radical (unpaired) electrons. The Hall–Kier alpha value is -0.123. The number of hydrogen-bond donors (Lipinski definition) is 1. The van der Waals surface area contributed by atoms with Gasteiger partial charge in [-0.1, -0.05) is 46.8 Å². The Morgan fingerprint density at radius 2 is 1.90 bits per heavy atom. The van der Waals surface area contributed by atoms with Gasteiger partial charge in [0.15, 0.2) is 8.32 Å². The van der Waals surface area contributed by atoms with Crippen LogP contribution in [0.2, 0.25) is 18.1 Å². The lowest BCUT2D eigenvalue weighted by atomic mass is 9.64. The molecule has 1 rings (SSSR count). The van der Waals surface area contributed by atoms with Crippen LogP contribution >= 0.6 is 0 Å². The first kappa shape index (κ1) is 17.9. The van der Waals surface area contributed by atoms with Crippen LogP contribution in [0, 0.1) is 11.3 Å². The summed E-state index contributed by atoms with van der Waals surface area (Å²) in [6.07, 6.45) is 3.20. The van der Waals surface area contributed by atoms with E-state index in [1.807, 2.05) is 0 Å². The van der Waals surface area contributed by atoms with Gasteiger partial charge in [-0.15, -0.1) is 0 Å². The third-order valence-corrected chi connectivity index (χ3v) is 10.1. The molecule has 0 heterocycles.